The first-order valence-corrected chi connectivity index (χ1v) is 11.7. The summed E-state index contributed by atoms with van der Waals surface area (Å²) in [5.41, 5.74) is 5.34. The van der Waals surface area contributed by atoms with E-state index in [2.05, 4.69) is 15.3 Å². The molecule has 4 N–H and O–H groups in total. The number of nitrogens with one attached hydrogen (secondary N) is 1. The number of carbonyl (C=O) groups is 3. The first kappa shape index (κ1) is 24.6. The summed E-state index contributed by atoms with van der Waals surface area (Å²) < 4.78 is 0. The van der Waals surface area contributed by atoms with Crippen LogP contribution in [0.3, 0.4) is 0 Å². The molecule has 1 atom stereocenters. The number of aliphatic carboxylic acids is 1. The summed E-state index contributed by atoms with van der Waals surface area (Å²) in [4.78, 5) is 48.6. The van der Waals surface area contributed by atoms with Gasteiger partial charge in [-0.1, -0.05) is 43.3 Å². The van der Waals surface area contributed by atoms with Crippen LogP contribution in [0.25, 0.3) is 21.8 Å². The highest BCUT2D eigenvalue weighted by molar-refractivity contribution is 6.03. The van der Waals surface area contributed by atoms with E-state index in [1.807, 2.05) is 31.2 Å². The summed E-state index contributed by atoms with van der Waals surface area (Å²) >= 11 is 0. The van der Waals surface area contributed by atoms with E-state index in [1.54, 1.807) is 48.8 Å². The zero-order chi connectivity index (χ0) is 25.7. The lowest BCUT2D eigenvalue weighted by molar-refractivity contribution is -0.148. The maximum Gasteiger partial charge on any atom is 0.351 e. The molecule has 4 rings (SSSR count). The number of aromatic nitrogens is 2. The zero-order valence-electron chi connectivity index (χ0n) is 19.8. The second-order valence-electron chi connectivity index (χ2n) is 8.47. The first-order chi connectivity index (χ1) is 17.4. The molecule has 184 valence electrons. The Morgan fingerprint density at radius 2 is 1.42 bits per heavy atom. The Bertz CT molecular complexity index is 1350. The van der Waals surface area contributed by atoms with Crippen molar-refractivity contribution in [2.45, 2.75) is 38.3 Å². The van der Waals surface area contributed by atoms with Crippen LogP contribution in [-0.2, 0) is 14.4 Å². The second-order valence-corrected chi connectivity index (χ2v) is 8.47. The standard InChI is InChI=1S/C27H27N5O4/c1-2-7-23(34)31-27(26(35)36,15-14-22(28)33)32(20-12-3-8-18-10-5-16-29-24(18)20)21-13-4-9-19-11-6-17-30-25(19)21/h3-6,8-13,16-17H,2,7,14-15H2,1H3,(H2,28,33)(H,31,34)(H,35,36)/t27-/m0/s1. The van der Waals surface area contributed by atoms with E-state index in [1.165, 1.54) is 4.90 Å². The number of para-hydroxylation sites is 2. The van der Waals surface area contributed by atoms with Gasteiger partial charge in [0.15, 0.2) is 0 Å². The Hall–Kier alpha value is -4.53. The van der Waals surface area contributed by atoms with Crippen molar-refractivity contribution in [3.63, 3.8) is 0 Å². The highest BCUT2D eigenvalue weighted by Gasteiger charge is 2.48. The van der Waals surface area contributed by atoms with Crippen LogP contribution in [-0.4, -0.2) is 38.5 Å². The van der Waals surface area contributed by atoms with E-state index in [-0.39, 0.29) is 19.3 Å². The average molecular weight is 486 g/mol. The maximum atomic E-state index is 13.2. The van der Waals surface area contributed by atoms with Crippen molar-refractivity contribution in [1.29, 1.82) is 0 Å². The molecule has 0 spiro atoms. The van der Waals surface area contributed by atoms with E-state index < -0.39 is 23.4 Å². The van der Waals surface area contributed by atoms with Gasteiger partial charge in [-0.15, -0.1) is 0 Å². The summed E-state index contributed by atoms with van der Waals surface area (Å²) in [7, 11) is 0. The number of nitrogens with zero attached hydrogens (tertiary/aromatic N) is 3. The Morgan fingerprint density at radius 3 is 1.89 bits per heavy atom. The minimum Gasteiger partial charge on any atom is -0.478 e. The number of pyridine rings is 2. The first-order valence-electron chi connectivity index (χ1n) is 11.7. The van der Waals surface area contributed by atoms with Gasteiger partial charge in [-0.2, -0.15) is 0 Å². The number of hydrogen-bond donors (Lipinski definition) is 3. The minimum atomic E-state index is -2.06. The molecule has 0 aliphatic carbocycles. The number of carboxylic acids is 1. The van der Waals surface area contributed by atoms with Gasteiger partial charge in [-0.25, -0.2) is 4.79 Å². The summed E-state index contributed by atoms with van der Waals surface area (Å²) in [6, 6.07) is 18.1. The van der Waals surface area contributed by atoms with Gasteiger partial charge in [0.25, 0.3) is 0 Å². The molecule has 2 aromatic carbocycles. The van der Waals surface area contributed by atoms with Crippen LogP contribution in [0.5, 0.6) is 0 Å². The van der Waals surface area contributed by atoms with Crippen molar-refractivity contribution < 1.29 is 19.5 Å². The van der Waals surface area contributed by atoms with Crippen LogP contribution in [0, 0.1) is 0 Å². The molecule has 0 aliphatic rings. The van der Waals surface area contributed by atoms with Crippen LogP contribution in [0.1, 0.15) is 32.6 Å². The number of rotatable bonds is 10. The minimum absolute atomic E-state index is 0.112. The van der Waals surface area contributed by atoms with E-state index in [9.17, 15) is 19.5 Å². The molecule has 2 aromatic heterocycles. The SMILES string of the molecule is CCCC(=O)N[C@](CCC(N)=O)(C(=O)O)N(c1cccc2cccnc12)c1cccc2cccnc12. The van der Waals surface area contributed by atoms with Crippen LogP contribution < -0.4 is 16.0 Å². The van der Waals surface area contributed by atoms with E-state index in [4.69, 9.17) is 5.73 Å². The molecule has 4 aromatic rings. The van der Waals surface area contributed by atoms with Gasteiger partial charge >= 0.3 is 5.97 Å². The number of anilines is 2. The summed E-state index contributed by atoms with van der Waals surface area (Å²) in [6.07, 6.45) is 3.31. The normalized spacial score (nSPS) is 12.7. The highest BCUT2D eigenvalue weighted by Crippen LogP contribution is 2.41. The van der Waals surface area contributed by atoms with Crippen LogP contribution >= 0.6 is 0 Å². The Morgan fingerprint density at radius 1 is 0.889 bits per heavy atom. The molecular weight excluding hydrogens is 458 g/mol. The molecule has 9 nitrogen and oxygen atoms in total. The predicted molar refractivity (Wildman–Crippen MR) is 137 cm³/mol. The van der Waals surface area contributed by atoms with Crippen LogP contribution in [0.2, 0.25) is 0 Å². The van der Waals surface area contributed by atoms with Gasteiger partial charge < -0.3 is 21.1 Å². The molecule has 9 heteroatoms. The molecule has 2 amide bonds. The smallest absolute Gasteiger partial charge is 0.351 e. The molecule has 0 saturated carbocycles. The molecule has 0 aliphatic heterocycles. The highest BCUT2D eigenvalue weighted by atomic mass is 16.4. The number of carboxylic acid groups (broad SMARTS) is 1. The lowest BCUT2D eigenvalue weighted by Gasteiger charge is -2.43. The number of hydrogen-bond acceptors (Lipinski definition) is 6. The largest absolute Gasteiger partial charge is 0.478 e. The fourth-order valence-corrected chi connectivity index (χ4v) is 4.39. The number of benzene rings is 2. The summed E-state index contributed by atoms with van der Waals surface area (Å²) in [6.45, 7) is 1.83. The topological polar surface area (TPSA) is 139 Å². The lowest BCUT2D eigenvalue weighted by atomic mass is 9.96. The van der Waals surface area contributed by atoms with Crippen molar-refractivity contribution in [3.05, 3.63) is 73.1 Å². The Labute approximate surface area is 208 Å². The molecular formula is C27H27N5O4. The summed E-state index contributed by atoms with van der Waals surface area (Å²) in [5.74, 6) is -2.48. The van der Waals surface area contributed by atoms with Crippen molar-refractivity contribution in [2.75, 3.05) is 4.90 Å². The number of nitrogens with two attached hydrogens (primary N) is 1. The molecule has 2 heterocycles. The van der Waals surface area contributed by atoms with Crippen LogP contribution in [0.4, 0.5) is 11.4 Å². The summed E-state index contributed by atoms with van der Waals surface area (Å²) in [5, 5.41) is 15.0. The van der Waals surface area contributed by atoms with Gasteiger partial charge in [-0.3, -0.25) is 19.6 Å². The third-order valence-corrected chi connectivity index (χ3v) is 6.00. The fourth-order valence-electron chi connectivity index (χ4n) is 4.39. The van der Waals surface area contributed by atoms with Crippen LogP contribution in [0.15, 0.2) is 73.1 Å². The van der Waals surface area contributed by atoms with Gasteiger partial charge in [0.05, 0.1) is 22.4 Å². The molecule has 36 heavy (non-hydrogen) atoms. The zero-order valence-corrected chi connectivity index (χ0v) is 19.8. The third kappa shape index (κ3) is 4.68. The van der Waals surface area contributed by atoms with Crippen molar-refractivity contribution >= 4 is 51.0 Å². The van der Waals surface area contributed by atoms with E-state index in [0.717, 1.165) is 10.8 Å². The lowest BCUT2D eigenvalue weighted by Crippen LogP contribution is -2.65. The number of carbonyl (C=O) groups excluding carboxylic acids is 2. The van der Waals surface area contributed by atoms with Gasteiger partial charge in [0.1, 0.15) is 0 Å². The molecule has 0 bridgehead atoms. The number of fused-ring (bicyclic) bond motifs is 2. The monoisotopic (exact) mass is 485 g/mol. The van der Waals surface area contributed by atoms with E-state index in [0.29, 0.717) is 28.8 Å². The molecule has 0 fully saturated rings. The molecule has 0 radical (unpaired) electrons. The number of amides is 2. The second kappa shape index (κ2) is 10.4. The molecule has 0 unspecified atom stereocenters. The predicted octanol–water partition coefficient (Wildman–Crippen LogP) is 3.88. The Kier molecular flexibility index (Phi) is 7.10. The maximum absolute atomic E-state index is 13.2. The van der Waals surface area contributed by atoms with Crippen molar-refractivity contribution in [2.24, 2.45) is 5.73 Å². The average Bonchev–Trinajstić information content (AvgIpc) is 2.87. The van der Waals surface area contributed by atoms with Gasteiger partial charge in [-0.05, 0) is 30.7 Å². The van der Waals surface area contributed by atoms with Crippen molar-refractivity contribution in [3.8, 4) is 0 Å². The fraction of sp³-hybridized carbons (Fsp3) is 0.222. The number of primary amides is 1. The van der Waals surface area contributed by atoms with Crippen molar-refractivity contribution in [1.82, 2.24) is 15.3 Å². The molecule has 0 saturated heterocycles. The van der Waals surface area contributed by atoms with Gasteiger partial charge in [0.2, 0.25) is 17.5 Å². The van der Waals surface area contributed by atoms with Gasteiger partial charge in [0, 0.05) is 42.4 Å². The third-order valence-electron chi connectivity index (χ3n) is 6.00. The quantitative estimate of drug-likeness (QED) is 0.290. The Balaban J connectivity index is 2.09. The van der Waals surface area contributed by atoms with E-state index >= 15 is 0 Å².